The molecular formula is C17H16BrN3. The predicted molar refractivity (Wildman–Crippen MR) is 89.1 cm³/mol. The first-order valence-electron chi connectivity index (χ1n) is 6.96. The number of aromatic nitrogens is 2. The van der Waals surface area contributed by atoms with E-state index in [2.05, 4.69) is 61.5 Å². The van der Waals surface area contributed by atoms with Gasteiger partial charge >= 0.3 is 0 Å². The van der Waals surface area contributed by atoms with Crippen molar-refractivity contribution < 1.29 is 0 Å². The smallest absolute Gasteiger partial charge is 0.0734 e. The lowest BCUT2D eigenvalue weighted by molar-refractivity contribution is 0.686. The number of nitrogens with one attached hydrogen (secondary N) is 1. The number of pyridine rings is 2. The monoisotopic (exact) mass is 341 g/mol. The summed E-state index contributed by atoms with van der Waals surface area (Å²) in [6.07, 6.45) is 6.50. The van der Waals surface area contributed by atoms with Crippen molar-refractivity contribution in [2.75, 3.05) is 6.54 Å². The van der Waals surface area contributed by atoms with Gasteiger partial charge in [0.1, 0.15) is 0 Å². The Balaban J connectivity index is 1.60. The van der Waals surface area contributed by atoms with Gasteiger partial charge in [-0.2, -0.15) is 0 Å². The molecule has 0 fully saturated rings. The van der Waals surface area contributed by atoms with E-state index in [1.54, 1.807) is 6.20 Å². The molecule has 0 aliphatic rings. The Kier molecular flexibility index (Phi) is 4.58. The molecule has 1 aromatic carbocycles. The topological polar surface area (TPSA) is 37.8 Å². The fraction of sp³-hybridized carbons (Fsp3) is 0.176. The second-order valence-corrected chi connectivity index (χ2v) is 5.85. The van der Waals surface area contributed by atoms with Crippen molar-refractivity contribution in [2.45, 2.75) is 13.0 Å². The van der Waals surface area contributed by atoms with E-state index in [-0.39, 0.29) is 0 Å². The van der Waals surface area contributed by atoms with Crippen molar-refractivity contribution in [3.8, 4) is 0 Å². The minimum Gasteiger partial charge on any atom is -0.312 e. The Morgan fingerprint density at radius 3 is 2.90 bits per heavy atom. The van der Waals surface area contributed by atoms with Crippen molar-refractivity contribution in [1.29, 1.82) is 0 Å². The number of nitrogens with zero attached hydrogens (tertiary/aromatic N) is 2. The highest BCUT2D eigenvalue weighted by atomic mass is 79.9. The number of halogens is 1. The van der Waals surface area contributed by atoms with Gasteiger partial charge in [-0.1, -0.05) is 24.3 Å². The molecule has 0 unspecified atom stereocenters. The van der Waals surface area contributed by atoms with Gasteiger partial charge in [-0.05, 0) is 52.2 Å². The molecule has 106 valence electrons. The summed E-state index contributed by atoms with van der Waals surface area (Å²) in [6, 6.07) is 12.5. The van der Waals surface area contributed by atoms with Gasteiger partial charge < -0.3 is 5.32 Å². The van der Waals surface area contributed by atoms with Gasteiger partial charge in [0, 0.05) is 35.0 Å². The minimum absolute atomic E-state index is 0.824. The van der Waals surface area contributed by atoms with Crippen LogP contribution in [0.25, 0.3) is 10.9 Å². The molecule has 3 rings (SSSR count). The summed E-state index contributed by atoms with van der Waals surface area (Å²) in [6.45, 7) is 1.74. The predicted octanol–water partition coefficient (Wildman–Crippen LogP) is 3.72. The van der Waals surface area contributed by atoms with Crippen LogP contribution in [0, 0.1) is 0 Å². The first kappa shape index (κ1) is 14.2. The molecule has 2 heterocycles. The molecule has 0 saturated carbocycles. The van der Waals surface area contributed by atoms with Gasteiger partial charge in [0.2, 0.25) is 0 Å². The van der Waals surface area contributed by atoms with E-state index in [9.17, 15) is 0 Å². The first-order chi connectivity index (χ1) is 10.3. The number of para-hydroxylation sites is 1. The van der Waals surface area contributed by atoms with Gasteiger partial charge in [0.05, 0.1) is 5.52 Å². The van der Waals surface area contributed by atoms with Crippen molar-refractivity contribution in [3.05, 3.63) is 70.6 Å². The molecule has 0 spiro atoms. The van der Waals surface area contributed by atoms with Crippen LogP contribution in [-0.2, 0) is 13.0 Å². The fourth-order valence-corrected chi connectivity index (χ4v) is 2.79. The third-order valence-corrected chi connectivity index (χ3v) is 3.81. The van der Waals surface area contributed by atoms with Crippen LogP contribution < -0.4 is 5.32 Å². The zero-order valence-corrected chi connectivity index (χ0v) is 13.2. The third-order valence-electron chi connectivity index (χ3n) is 3.38. The minimum atomic E-state index is 0.824. The van der Waals surface area contributed by atoms with Gasteiger partial charge in [-0.25, -0.2) is 0 Å². The summed E-state index contributed by atoms with van der Waals surface area (Å²) in [5, 5.41) is 4.65. The Hall–Kier alpha value is -1.78. The number of hydrogen-bond donors (Lipinski definition) is 1. The number of hydrogen-bond acceptors (Lipinski definition) is 3. The van der Waals surface area contributed by atoms with Crippen molar-refractivity contribution in [2.24, 2.45) is 0 Å². The van der Waals surface area contributed by atoms with E-state index in [1.807, 2.05) is 18.5 Å². The van der Waals surface area contributed by atoms with Gasteiger partial charge in [0.15, 0.2) is 0 Å². The molecule has 0 atom stereocenters. The van der Waals surface area contributed by atoms with E-state index < -0.39 is 0 Å². The van der Waals surface area contributed by atoms with Gasteiger partial charge in [-0.15, -0.1) is 0 Å². The third kappa shape index (κ3) is 3.65. The van der Waals surface area contributed by atoms with Crippen molar-refractivity contribution in [1.82, 2.24) is 15.3 Å². The fourth-order valence-electron chi connectivity index (χ4n) is 2.38. The highest BCUT2D eigenvalue weighted by molar-refractivity contribution is 9.10. The average Bonchev–Trinajstić information content (AvgIpc) is 2.52. The molecular weight excluding hydrogens is 326 g/mol. The Labute approximate surface area is 132 Å². The lowest BCUT2D eigenvalue weighted by atomic mass is 10.1. The molecule has 0 aliphatic carbocycles. The lowest BCUT2D eigenvalue weighted by Crippen LogP contribution is -2.17. The normalized spacial score (nSPS) is 10.9. The number of fused-ring (bicyclic) bond motifs is 1. The maximum atomic E-state index is 4.49. The summed E-state index contributed by atoms with van der Waals surface area (Å²) in [5.41, 5.74) is 3.57. The average molecular weight is 342 g/mol. The molecule has 21 heavy (non-hydrogen) atoms. The molecule has 3 nitrogen and oxygen atoms in total. The Morgan fingerprint density at radius 1 is 1.10 bits per heavy atom. The molecule has 1 N–H and O–H groups in total. The van der Waals surface area contributed by atoms with E-state index in [1.165, 1.54) is 16.5 Å². The van der Waals surface area contributed by atoms with Crippen LogP contribution >= 0.6 is 15.9 Å². The highest BCUT2D eigenvalue weighted by Crippen LogP contribution is 2.16. The molecule has 0 radical (unpaired) electrons. The van der Waals surface area contributed by atoms with Crippen LogP contribution in [0.2, 0.25) is 0 Å². The largest absolute Gasteiger partial charge is 0.312 e. The summed E-state index contributed by atoms with van der Waals surface area (Å²) in [7, 11) is 0. The second-order valence-electron chi connectivity index (χ2n) is 4.93. The van der Waals surface area contributed by atoms with Gasteiger partial charge in [0.25, 0.3) is 0 Å². The lowest BCUT2D eigenvalue weighted by Gasteiger charge is -2.07. The highest BCUT2D eigenvalue weighted by Gasteiger charge is 2.01. The summed E-state index contributed by atoms with van der Waals surface area (Å²) in [5.74, 6) is 0. The van der Waals surface area contributed by atoms with Crippen molar-refractivity contribution >= 4 is 26.8 Å². The van der Waals surface area contributed by atoms with Gasteiger partial charge in [-0.3, -0.25) is 9.97 Å². The van der Waals surface area contributed by atoms with E-state index in [4.69, 9.17) is 0 Å². The summed E-state index contributed by atoms with van der Waals surface area (Å²) < 4.78 is 1.01. The zero-order valence-electron chi connectivity index (χ0n) is 11.6. The first-order valence-corrected chi connectivity index (χ1v) is 7.75. The van der Waals surface area contributed by atoms with E-state index in [0.717, 1.165) is 29.5 Å². The summed E-state index contributed by atoms with van der Waals surface area (Å²) >= 11 is 3.44. The van der Waals surface area contributed by atoms with Crippen LogP contribution in [0.3, 0.4) is 0 Å². The maximum Gasteiger partial charge on any atom is 0.0734 e. The van der Waals surface area contributed by atoms with Crippen molar-refractivity contribution in [3.63, 3.8) is 0 Å². The molecule has 3 aromatic rings. The maximum absolute atomic E-state index is 4.49. The molecule has 0 saturated heterocycles. The second kappa shape index (κ2) is 6.78. The molecule has 0 amide bonds. The number of rotatable bonds is 5. The Morgan fingerprint density at radius 2 is 2.00 bits per heavy atom. The SMILES string of the molecule is Brc1cncc(CNCCc2cccc3cccnc23)c1. The van der Waals surface area contributed by atoms with E-state index in [0.29, 0.717) is 0 Å². The summed E-state index contributed by atoms with van der Waals surface area (Å²) in [4.78, 5) is 8.65. The van der Waals surface area contributed by atoms with Crippen LogP contribution in [0.4, 0.5) is 0 Å². The molecule has 0 aliphatic heterocycles. The zero-order chi connectivity index (χ0) is 14.5. The molecule has 0 bridgehead atoms. The van der Waals surface area contributed by atoms with Crippen LogP contribution in [-0.4, -0.2) is 16.5 Å². The quantitative estimate of drug-likeness (QED) is 0.718. The van der Waals surface area contributed by atoms with Crippen LogP contribution in [0.5, 0.6) is 0 Å². The standard InChI is InChI=1S/C17H16BrN3/c18-16-9-13(11-20-12-16)10-19-8-6-15-4-1-3-14-5-2-7-21-17(14)15/h1-5,7,9,11-12,19H,6,8,10H2. The van der Waals surface area contributed by atoms with Crippen LogP contribution in [0.1, 0.15) is 11.1 Å². The Bertz CT molecular complexity index is 737. The molecule has 4 heteroatoms. The molecule has 2 aromatic heterocycles. The van der Waals surface area contributed by atoms with E-state index >= 15 is 0 Å². The number of benzene rings is 1. The van der Waals surface area contributed by atoms with Crippen LogP contribution in [0.15, 0.2) is 59.5 Å².